The summed E-state index contributed by atoms with van der Waals surface area (Å²) in [6.07, 6.45) is -0.367. The molecule has 1 aromatic carbocycles. The summed E-state index contributed by atoms with van der Waals surface area (Å²) in [4.78, 5) is 11.0. The SMILES string of the molecule is C=C.CCOC(=O)NCc1cccc(C)c1. The van der Waals surface area contributed by atoms with E-state index in [0.717, 1.165) is 5.56 Å². The highest BCUT2D eigenvalue weighted by atomic mass is 16.5. The van der Waals surface area contributed by atoms with Crippen LogP contribution < -0.4 is 5.32 Å². The molecule has 0 aliphatic rings. The van der Waals surface area contributed by atoms with Crippen molar-refractivity contribution in [3.05, 3.63) is 48.6 Å². The van der Waals surface area contributed by atoms with Gasteiger partial charge in [0.15, 0.2) is 0 Å². The average Bonchev–Trinajstić information content (AvgIpc) is 2.30. The number of amides is 1. The van der Waals surface area contributed by atoms with E-state index >= 15 is 0 Å². The Morgan fingerprint density at radius 2 is 2.12 bits per heavy atom. The first kappa shape index (κ1) is 14.2. The molecular formula is C13H19NO2. The highest BCUT2D eigenvalue weighted by molar-refractivity contribution is 5.67. The number of alkyl carbamates (subject to hydrolysis) is 1. The lowest BCUT2D eigenvalue weighted by Crippen LogP contribution is -2.23. The molecule has 1 aromatic rings. The quantitative estimate of drug-likeness (QED) is 0.797. The van der Waals surface area contributed by atoms with Crippen LogP contribution in [0.4, 0.5) is 4.79 Å². The molecule has 3 heteroatoms. The van der Waals surface area contributed by atoms with Crippen LogP contribution in [0.15, 0.2) is 37.4 Å². The van der Waals surface area contributed by atoms with Crippen LogP contribution in [0.1, 0.15) is 18.1 Å². The Bertz CT molecular complexity index is 323. The van der Waals surface area contributed by atoms with Crippen LogP contribution in [0.2, 0.25) is 0 Å². The molecule has 0 atom stereocenters. The molecule has 88 valence electrons. The number of carbonyl (C=O) groups excluding carboxylic acids is 1. The average molecular weight is 221 g/mol. The molecule has 0 radical (unpaired) electrons. The third-order valence-corrected chi connectivity index (χ3v) is 1.79. The van der Waals surface area contributed by atoms with Gasteiger partial charge in [0.05, 0.1) is 6.61 Å². The molecule has 0 bridgehead atoms. The third kappa shape index (κ3) is 5.86. The van der Waals surface area contributed by atoms with Gasteiger partial charge in [-0.3, -0.25) is 0 Å². The summed E-state index contributed by atoms with van der Waals surface area (Å²) in [7, 11) is 0. The highest BCUT2D eigenvalue weighted by Gasteiger charge is 1.99. The maximum atomic E-state index is 11.0. The summed E-state index contributed by atoms with van der Waals surface area (Å²) in [5.74, 6) is 0. The van der Waals surface area contributed by atoms with Gasteiger partial charge in [-0.2, -0.15) is 0 Å². The molecule has 16 heavy (non-hydrogen) atoms. The van der Waals surface area contributed by atoms with E-state index < -0.39 is 0 Å². The molecule has 0 spiro atoms. The summed E-state index contributed by atoms with van der Waals surface area (Å²) in [6, 6.07) is 8.00. The van der Waals surface area contributed by atoms with Crippen LogP contribution in [-0.4, -0.2) is 12.7 Å². The van der Waals surface area contributed by atoms with Crippen molar-refractivity contribution in [1.82, 2.24) is 5.32 Å². The van der Waals surface area contributed by atoms with E-state index in [9.17, 15) is 4.79 Å². The van der Waals surface area contributed by atoms with E-state index in [1.54, 1.807) is 6.92 Å². The zero-order valence-corrected chi connectivity index (χ0v) is 9.95. The van der Waals surface area contributed by atoms with E-state index in [-0.39, 0.29) is 6.09 Å². The second-order valence-corrected chi connectivity index (χ2v) is 3.06. The molecule has 0 aromatic heterocycles. The van der Waals surface area contributed by atoms with Crippen LogP contribution in [0.25, 0.3) is 0 Å². The lowest BCUT2D eigenvalue weighted by Gasteiger charge is -2.05. The van der Waals surface area contributed by atoms with Gasteiger partial charge in [-0.15, -0.1) is 13.2 Å². The predicted molar refractivity (Wildman–Crippen MR) is 66.3 cm³/mol. The van der Waals surface area contributed by atoms with E-state index in [1.165, 1.54) is 5.56 Å². The summed E-state index contributed by atoms with van der Waals surface area (Å²) in [6.45, 7) is 10.7. The lowest BCUT2D eigenvalue weighted by molar-refractivity contribution is 0.151. The summed E-state index contributed by atoms with van der Waals surface area (Å²) in [5.41, 5.74) is 2.27. The van der Waals surface area contributed by atoms with E-state index in [1.807, 2.05) is 31.2 Å². The van der Waals surface area contributed by atoms with Crippen molar-refractivity contribution in [3.8, 4) is 0 Å². The van der Waals surface area contributed by atoms with Crippen molar-refractivity contribution in [3.63, 3.8) is 0 Å². The van der Waals surface area contributed by atoms with Crippen molar-refractivity contribution in [2.45, 2.75) is 20.4 Å². The molecule has 1 N–H and O–H groups in total. The van der Waals surface area contributed by atoms with Gasteiger partial charge in [0.25, 0.3) is 0 Å². The fourth-order valence-corrected chi connectivity index (χ4v) is 1.18. The van der Waals surface area contributed by atoms with Gasteiger partial charge in [0.2, 0.25) is 0 Å². The number of aryl methyl sites for hydroxylation is 1. The van der Waals surface area contributed by atoms with Gasteiger partial charge in [0.1, 0.15) is 0 Å². The van der Waals surface area contributed by atoms with Gasteiger partial charge < -0.3 is 10.1 Å². The lowest BCUT2D eigenvalue weighted by atomic mass is 10.1. The first-order valence-corrected chi connectivity index (χ1v) is 5.18. The second-order valence-electron chi connectivity index (χ2n) is 3.06. The Balaban J connectivity index is 0.00000106. The summed E-state index contributed by atoms with van der Waals surface area (Å²) < 4.78 is 4.74. The zero-order chi connectivity index (χ0) is 12.4. The number of carbonyl (C=O) groups is 1. The molecule has 3 nitrogen and oxygen atoms in total. The first-order valence-electron chi connectivity index (χ1n) is 5.18. The Kier molecular flexibility index (Phi) is 7.59. The maximum Gasteiger partial charge on any atom is 0.407 e. The Morgan fingerprint density at radius 3 is 2.69 bits per heavy atom. The number of ether oxygens (including phenoxy) is 1. The normalized spacial score (nSPS) is 8.62. The monoisotopic (exact) mass is 221 g/mol. The summed E-state index contributed by atoms with van der Waals surface area (Å²) in [5, 5.41) is 2.67. The number of benzene rings is 1. The highest BCUT2D eigenvalue weighted by Crippen LogP contribution is 2.03. The topological polar surface area (TPSA) is 38.3 Å². The van der Waals surface area contributed by atoms with Crippen molar-refractivity contribution in [2.24, 2.45) is 0 Å². The Labute approximate surface area is 97.1 Å². The van der Waals surface area contributed by atoms with Crippen molar-refractivity contribution < 1.29 is 9.53 Å². The summed E-state index contributed by atoms with van der Waals surface area (Å²) >= 11 is 0. The van der Waals surface area contributed by atoms with Crippen LogP contribution in [-0.2, 0) is 11.3 Å². The van der Waals surface area contributed by atoms with Crippen LogP contribution in [0.5, 0.6) is 0 Å². The molecule has 0 aliphatic carbocycles. The number of hydrogen-bond acceptors (Lipinski definition) is 2. The minimum absolute atomic E-state index is 0.367. The van der Waals surface area contributed by atoms with Gasteiger partial charge in [-0.1, -0.05) is 29.8 Å². The molecule has 0 aliphatic heterocycles. The Hall–Kier alpha value is -1.77. The standard InChI is InChI=1S/C11H15NO2.C2H4/c1-3-14-11(13)12-8-10-6-4-5-9(2)7-10;1-2/h4-7H,3,8H2,1-2H3,(H,12,13);1-2H2. The van der Waals surface area contributed by atoms with Gasteiger partial charge in [0, 0.05) is 6.54 Å². The second kappa shape index (κ2) is 8.53. The molecular weight excluding hydrogens is 202 g/mol. The van der Waals surface area contributed by atoms with Crippen molar-refractivity contribution >= 4 is 6.09 Å². The largest absolute Gasteiger partial charge is 0.450 e. The fourth-order valence-electron chi connectivity index (χ4n) is 1.18. The van der Waals surface area contributed by atoms with Crippen molar-refractivity contribution in [2.75, 3.05) is 6.61 Å². The van der Waals surface area contributed by atoms with Crippen LogP contribution >= 0.6 is 0 Å². The molecule has 1 amide bonds. The van der Waals surface area contributed by atoms with Crippen molar-refractivity contribution in [1.29, 1.82) is 0 Å². The minimum Gasteiger partial charge on any atom is -0.450 e. The van der Waals surface area contributed by atoms with Gasteiger partial charge in [-0.05, 0) is 19.4 Å². The fraction of sp³-hybridized carbons (Fsp3) is 0.308. The number of nitrogens with one attached hydrogen (secondary N) is 1. The molecule has 0 saturated heterocycles. The molecule has 0 unspecified atom stereocenters. The molecule has 0 fully saturated rings. The smallest absolute Gasteiger partial charge is 0.407 e. The number of hydrogen-bond donors (Lipinski definition) is 1. The molecule has 0 saturated carbocycles. The zero-order valence-electron chi connectivity index (χ0n) is 9.95. The van der Waals surface area contributed by atoms with E-state index in [0.29, 0.717) is 13.2 Å². The number of rotatable bonds is 3. The van der Waals surface area contributed by atoms with Crippen LogP contribution in [0.3, 0.4) is 0 Å². The minimum atomic E-state index is -0.367. The van der Waals surface area contributed by atoms with Gasteiger partial charge >= 0.3 is 6.09 Å². The molecule has 1 rings (SSSR count). The predicted octanol–water partition coefficient (Wildman–Crippen LogP) is 3.04. The first-order chi connectivity index (χ1) is 7.72. The van der Waals surface area contributed by atoms with Crippen LogP contribution in [0, 0.1) is 6.92 Å². The van der Waals surface area contributed by atoms with Gasteiger partial charge in [-0.25, -0.2) is 4.79 Å². The third-order valence-electron chi connectivity index (χ3n) is 1.79. The molecule has 0 heterocycles. The van der Waals surface area contributed by atoms with E-state index in [4.69, 9.17) is 4.74 Å². The van der Waals surface area contributed by atoms with E-state index in [2.05, 4.69) is 18.5 Å². The maximum absolute atomic E-state index is 11.0. The Morgan fingerprint density at radius 1 is 1.44 bits per heavy atom.